The predicted octanol–water partition coefficient (Wildman–Crippen LogP) is 3.85. The fraction of sp³-hybridized carbons (Fsp3) is 0.133. The third-order valence-electron chi connectivity index (χ3n) is 2.88. The summed E-state index contributed by atoms with van der Waals surface area (Å²) in [6.07, 6.45) is -0.803. The molecule has 6 heteroatoms. The maximum atomic E-state index is 12.1. The molecule has 1 heterocycles. The second kappa shape index (κ2) is 5.95. The summed E-state index contributed by atoms with van der Waals surface area (Å²) in [7, 11) is 0. The van der Waals surface area contributed by atoms with Crippen LogP contribution in [-0.2, 0) is 4.79 Å². The van der Waals surface area contributed by atoms with Crippen molar-refractivity contribution in [2.24, 2.45) is 0 Å². The number of para-hydroxylation sites is 2. The van der Waals surface area contributed by atoms with Gasteiger partial charge in [-0.25, -0.2) is 4.79 Å². The summed E-state index contributed by atoms with van der Waals surface area (Å²) in [5, 5.41) is 0.549. The van der Waals surface area contributed by atoms with Gasteiger partial charge in [0, 0.05) is 5.02 Å². The van der Waals surface area contributed by atoms with E-state index in [2.05, 4.69) is 15.9 Å². The highest BCUT2D eigenvalue weighted by Gasteiger charge is 2.29. The minimum Gasteiger partial charge on any atom is -0.485 e. The quantitative estimate of drug-likeness (QED) is 0.596. The zero-order valence-electron chi connectivity index (χ0n) is 10.7. The number of benzene rings is 2. The molecule has 0 amide bonds. The molecular weight excluding hydrogens is 360 g/mol. The van der Waals surface area contributed by atoms with Crippen molar-refractivity contribution < 1.29 is 19.0 Å². The van der Waals surface area contributed by atoms with Crippen molar-refractivity contribution in [1.29, 1.82) is 0 Å². The van der Waals surface area contributed by atoms with Gasteiger partial charge < -0.3 is 14.2 Å². The molecule has 0 fully saturated rings. The molecule has 1 aliphatic heterocycles. The van der Waals surface area contributed by atoms with Gasteiger partial charge in [-0.1, -0.05) is 23.7 Å². The average Bonchev–Trinajstić information content (AvgIpc) is 2.49. The molecule has 1 unspecified atom stereocenters. The molecule has 1 atom stereocenters. The van der Waals surface area contributed by atoms with E-state index in [1.54, 1.807) is 30.3 Å². The minimum absolute atomic E-state index is 0.112. The van der Waals surface area contributed by atoms with Gasteiger partial charge in [-0.05, 0) is 46.3 Å². The third-order valence-corrected chi connectivity index (χ3v) is 3.73. The largest absolute Gasteiger partial charge is 0.485 e. The molecule has 2 aromatic rings. The second-order valence-corrected chi connectivity index (χ2v) is 5.65. The van der Waals surface area contributed by atoms with Crippen LogP contribution in [0.5, 0.6) is 17.2 Å². The summed E-state index contributed by atoms with van der Waals surface area (Å²) in [6, 6.07) is 12.1. The molecule has 4 nitrogen and oxygen atoms in total. The van der Waals surface area contributed by atoms with E-state index in [0.29, 0.717) is 26.7 Å². The molecule has 2 aromatic carbocycles. The Bertz CT molecular complexity index is 689. The molecule has 0 bridgehead atoms. The Morgan fingerprint density at radius 2 is 2.00 bits per heavy atom. The Kier molecular flexibility index (Phi) is 4.03. The molecule has 0 saturated heterocycles. The Hall–Kier alpha value is -1.72. The van der Waals surface area contributed by atoms with E-state index in [1.807, 2.05) is 12.1 Å². The summed E-state index contributed by atoms with van der Waals surface area (Å²) in [5.74, 6) is 1.01. The van der Waals surface area contributed by atoms with Crippen molar-refractivity contribution in [3.63, 3.8) is 0 Å². The molecule has 21 heavy (non-hydrogen) atoms. The van der Waals surface area contributed by atoms with Crippen molar-refractivity contribution in [2.75, 3.05) is 6.61 Å². The topological polar surface area (TPSA) is 44.8 Å². The number of rotatable bonds is 2. The first kappa shape index (κ1) is 14.2. The molecule has 0 aromatic heterocycles. The highest BCUT2D eigenvalue weighted by molar-refractivity contribution is 9.10. The molecule has 108 valence electrons. The van der Waals surface area contributed by atoms with E-state index in [9.17, 15) is 4.79 Å². The predicted molar refractivity (Wildman–Crippen MR) is 81.1 cm³/mol. The Labute approximate surface area is 134 Å². The zero-order valence-corrected chi connectivity index (χ0v) is 13.1. The van der Waals surface area contributed by atoms with Crippen molar-refractivity contribution in [3.05, 3.63) is 52.0 Å². The number of ether oxygens (including phenoxy) is 3. The summed E-state index contributed by atoms with van der Waals surface area (Å²) in [6.45, 7) is 0.112. The normalized spacial score (nSPS) is 16.4. The number of hydrogen-bond acceptors (Lipinski definition) is 4. The van der Waals surface area contributed by atoms with E-state index in [0.717, 1.165) is 0 Å². The minimum atomic E-state index is -0.803. The van der Waals surface area contributed by atoms with E-state index in [-0.39, 0.29) is 6.61 Å². The van der Waals surface area contributed by atoms with Crippen LogP contribution < -0.4 is 14.2 Å². The number of halogens is 2. The first-order chi connectivity index (χ1) is 10.1. The Balaban J connectivity index is 1.72. The molecule has 3 rings (SSSR count). The molecular formula is C15H10BrClO4. The van der Waals surface area contributed by atoms with Crippen LogP contribution in [-0.4, -0.2) is 18.7 Å². The third kappa shape index (κ3) is 3.14. The maximum Gasteiger partial charge on any atom is 0.356 e. The summed E-state index contributed by atoms with van der Waals surface area (Å²) in [4.78, 5) is 12.1. The number of carbonyl (C=O) groups is 1. The van der Waals surface area contributed by atoms with Gasteiger partial charge in [-0.3, -0.25) is 0 Å². The molecule has 0 N–H and O–H groups in total. The van der Waals surface area contributed by atoms with Crippen molar-refractivity contribution in [1.82, 2.24) is 0 Å². The Morgan fingerprint density at radius 1 is 1.24 bits per heavy atom. The van der Waals surface area contributed by atoms with Gasteiger partial charge in [-0.2, -0.15) is 0 Å². The maximum absolute atomic E-state index is 12.1. The van der Waals surface area contributed by atoms with Crippen LogP contribution in [0.25, 0.3) is 0 Å². The van der Waals surface area contributed by atoms with Gasteiger partial charge in [0.1, 0.15) is 12.4 Å². The highest BCUT2D eigenvalue weighted by atomic mass is 79.9. The smallest absolute Gasteiger partial charge is 0.356 e. The lowest BCUT2D eigenvalue weighted by atomic mass is 10.2. The monoisotopic (exact) mass is 368 g/mol. The fourth-order valence-electron chi connectivity index (χ4n) is 1.87. The van der Waals surface area contributed by atoms with Gasteiger partial charge in [0.15, 0.2) is 11.5 Å². The number of esters is 1. The molecule has 0 saturated carbocycles. The average molecular weight is 370 g/mol. The molecule has 1 aliphatic rings. The molecule has 0 radical (unpaired) electrons. The first-order valence-corrected chi connectivity index (χ1v) is 7.36. The van der Waals surface area contributed by atoms with Crippen LogP contribution >= 0.6 is 27.5 Å². The van der Waals surface area contributed by atoms with Crippen molar-refractivity contribution >= 4 is 33.5 Å². The lowest BCUT2D eigenvalue weighted by molar-refractivity contribution is -0.144. The first-order valence-electron chi connectivity index (χ1n) is 6.19. The van der Waals surface area contributed by atoms with Gasteiger partial charge in [0.2, 0.25) is 6.10 Å². The van der Waals surface area contributed by atoms with Gasteiger partial charge in [0.25, 0.3) is 0 Å². The van der Waals surface area contributed by atoms with Crippen LogP contribution in [0, 0.1) is 0 Å². The summed E-state index contributed by atoms with van der Waals surface area (Å²) >= 11 is 9.13. The van der Waals surface area contributed by atoms with Crippen LogP contribution in [0.3, 0.4) is 0 Å². The van der Waals surface area contributed by atoms with Crippen molar-refractivity contribution in [3.8, 4) is 17.2 Å². The van der Waals surface area contributed by atoms with Crippen LogP contribution in [0.2, 0.25) is 5.02 Å². The van der Waals surface area contributed by atoms with Gasteiger partial charge in [-0.15, -0.1) is 0 Å². The SMILES string of the molecule is O=C(Oc1ccc(Cl)cc1Br)C1COc2ccccc2O1. The zero-order chi connectivity index (χ0) is 14.8. The number of fused-ring (bicyclic) bond motifs is 1. The van der Waals surface area contributed by atoms with E-state index in [1.165, 1.54) is 0 Å². The van der Waals surface area contributed by atoms with E-state index < -0.39 is 12.1 Å². The standard InChI is InChI=1S/C15H10BrClO4/c16-10-7-9(17)5-6-11(10)21-15(18)14-8-19-12-3-1-2-4-13(12)20-14/h1-7,14H,8H2. The van der Waals surface area contributed by atoms with E-state index in [4.69, 9.17) is 25.8 Å². The lowest BCUT2D eigenvalue weighted by Crippen LogP contribution is -2.39. The van der Waals surface area contributed by atoms with Crippen molar-refractivity contribution in [2.45, 2.75) is 6.10 Å². The number of hydrogen-bond donors (Lipinski definition) is 0. The summed E-state index contributed by atoms with van der Waals surface area (Å²) in [5.41, 5.74) is 0. The highest BCUT2D eigenvalue weighted by Crippen LogP contribution is 2.32. The second-order valence-electron chi connectivity index (χ2n) is 4.36. The molecule has 0 aliphatic carbocycles. The lowest BCUT2D eigenvalue weighted by Gasteiger charge is -2.24. The van der Waals surface area contributed by atoms with Gasteiger partial charge >= 0.3 is 5.97 Å². The van der Waals surface area contributed by atoms with Crippen LogP contribution in [0.1, 0.15) is 0 Å². The molecule has 0 spiro atoms. The fourth-order valence-corrected chi connectivity index (χ4v) is 2.63. The van der Waals surface area contributed by atoms with Crippen LogP contribution in [0.15, 0.2) is 46.9 Å². The Morgan fingerprint density at radius 3 is 2.76 bits per heavy atom. The summed E-state index contributed by atoms with van der Waals surface area (Å²) < 4.78 is 17.0. The van der Waals surface area contributed by atoms with Gasteiger partial charge in [0.05, 0.1) is 4.47 Å². The van der Waals surface area contributed by atoms with E-state index >= 15 is 0 Å². The number of carbonyl (C=O) groups excluding carboxylic acids is 1. The van der Waals surface area contributed by atoms with Crippen LogP contribution in [0.4, 0.5) is 0 Å².